The molecule has 0 saturated heterocycles. The van der Waals surface area contributed by atoms with Crippen molar-refractivity contribution in [3.05, 3.63) is 0 Å². The van der Waals surface area contributed by atoms with Gasteiger partial charge in [-0.3, -0.25) is 9.59 Å². The van der Waals surface area contributed by atoms with Crippen LogP contribution in [-0.4, -0.2) is 39.8 Å². The summed E-state index contributed by atoms with van der Waals surface area (Å²) < 4.78 is 5.65. The van der Waals surface area contributed by atoms with Crippen molar-refractivity contribution < 1.29 is 24.5 Å². The number of Topliss-reactive ketones (excluding diaryl/α,β-unsaturated/α-hetero) is 1. The third-order valence-corrected chi connectivity index (χ3v) is 8.82. The summed E-state index contributed by atoms with van der Waals surface area (Å²) in [6.45, 7) is 5.64. The second kappa shape index (κ2) is 5.78. The molecule has 0 spiro atoms. The van der Waals surface area contributed by atoms with Gasteiger partial charge in [0.05, 0.1) is 6.10 Å². The van der Waals surface area contributed by atoms with E-state index in [-0.39, 0.29) is 23.2 Å². The van der Waals surface area contributed by atoms with Gasteiger partial charge in [0.25, 0.3) is 0 Å². The number of carbonyl (C=O) groups is 2. The van der Waals surface area contributed by atoms with Gasteiger partial charge in [-0.2, -0.15) is 0 Å². The highest BCUT2D eigenvalue weighted by Gasteiger charge is 2.68. The molecule has 0 amide bonds. The molecule has 4 fully saturated rings. The number of fused-ring (bicyclic) bond motifs is 5. The van der Waals surface area contributed by atoms with Gasteiger partial charge < -0.3 is 14.9 Å². The fraction of sp³-hybridized carbons (Fsp3) is 0.905. The maximum absolute atomic E-state index is 12.6. The van der Waals surface area contributed by atoms with E-state index in [1.165, 1.54) is 6.92 Å². The number of ether oxygens (including phenoxy) is 1. The molecule has 146 valence electrons. The number of ketones is 1. The lowest BCUT2D eigenvalue weighted by atomic mass is 9.43. The molecule has 4 rings (SSSR count). The summed E-state index contributed by atoms with van der Waals surface area (Å²) >= 11 is 0. The van der Waals surface area contributed by atoms with Crippen LogP contribution in [0.4, 0.5) is 0 Å². The fourth-order valence-corrected chi connectivity index (χ4v) is 7.35. The Morgan fingerprint density at radius 2 is 1.88 bits per heavy atom. The first-order valence-corrected chi connectivity index (χ1v) is 10.2. The summed E-state index contributed by atoms with van der Waals surface area (Å²) in [5.41, 5.74) is -1.82. The zero-order chi connectivity index (χ0) is 18.9. The van der Waals surface area contributed by atoms with E-state index in [1.807, 2.05) is 0 Å². The Morgan fingerprint density at radius 1 is 1.15 bits per heavy atom. The highest BCUT2D eigenvalue weighted by Crippen LogP contribution is 2.66. The summed E-state index contributed by atoms with van der Waals surface area (Å²) in [7, 11) is 0. The van der Waals surface area contributed by atoms with E-state index in [9.17, 15) is 19.8 Å². The smallest absolute Gasteiger partial charge is 0.303 e. The molecular formula is C21H32O5. The highest BCUT2D eigenvalue weighted by molar-refractivity contribution is 5.87. The van der Waals surface area contributed by atoms with Crippen LogP contribution in [-0.2, 0) is 14.3 Å². The van der Waals surface area contributed by atoms with E-state index in [1.54, 1.807) is 0 Å². The minimum atomic E-state index is -1.19. The van der Waals surface area contributed by atoms with Crippen molar-refractivity contribution in [1.82, 2.24) is 0 Å². The molecule has 0 aromatic rings. The minimum Gasteiger partial charge on any atom is -0.459 e. The summed E-state index contributed by atoms with van der Waals surface area (Å²) in [4.78, 5) is 24.3. The van der Waals surface area contributed by atoms with Gasteiger partial charge in [0.15, 0.2) is 0 Å². The van der Waals surface area contributed by atoms with Crippen molar-refractivity contribution in [2.75, 3.05) is 0 Å². The zero-order valence-corrected chi connectivity index (χ0v) is 16.2. The molecule has 5 heteroatoms. The van der Waals surface area contributed by atoms with Crippen LogP contribution in [0.15, 0.2) is 0 Å². The maximum atomic E-state index is 12.6. The third-order valence-electron chi connectivity index (χ3n) is 8.82. The predicted molar refractivity (Wildman–Crippen MR) is 95.1 cm³/mol. The van der Waals surface area contributed by atoms with Crippen LogP contribution in [0, 0.1) is 28.6 Å². The number of hydrogen-bond acceptors (Lipinski definition) is 5. The largest absolute Gasteiger partial charge is 0.459 e. The summed E-state index contributed by atoms with van der Waals surface area (Å²) in [6, 6.07) is 0. The molecular weight excluding hydrogens is 332 g/mol. The van der Waals surface area contributed by atoms with E-state index in [0.29, 0.717) is 42.8 Å². The van der Waals surface area contributed by atoms with Crippen molar-refractivity contribution >= 4 is 11.8 Å². The molecule has 4 aliphatic rings. The van der Waals surface area contributed by atoms with Gasteiger partial charge in [-0.15, -0.1) is 0 Å². The number of esters is 1. The number of aliphatic hydroxyl groups is 2. The van der Waals surface area contributed by atoms with E-state index >= 15 is 0 Å². The summed E-state index contributed by atoms with van der Waals surface area (Å²) in [6.07, 6.45) is 4.54. The Morgan fingerprint density at radius 3 is 2.58 bits per heavy atom. The standard InChI is InChI=1S/C21H32O5/c1-12(22)26-18-10-14-15-4-5-17(24)19(15,2)8-7-16(14)20(3)9-6-13(23)11-21(18,20)25/h13-16,18,23,25H,4-11H2,1-3H3. The van der Waals surface area contributed by atoms with Gasteiger partial charge >= 0.3 is 5.97 Å². The Labute approximate surface area is 155 Å². The van der Waals surface area contributed by atoms with Crippen molar-refractivity contribution in [3.8, 4) is 0 Å². The van der Waals surface area contributed by atoms with Gasteiger partial charge in [-0.1, -0.05) is 13.8 Å². The van der Waals surface area contributed by atoms with Crippen molar-refractivity contribution in [3.63, 3.8) is 0 Å². The van der Waals surface area contributed by atoms with Gasteiger partial charge in [0.2, 0.25) is 0 Å². The van der Waals surface area contributed by atoms with Crippen LogP contribution < -0.4 is 0 Å². The molecule has 0 aliphatic heterocycles. The first-order chi connectivity index (χ1) is 12.1. The van der Waals surface area contributed by atoms with Crippen molar-refractivity contribution in [1.29, 1.82) is 0 Å². The second-order valence-corrected chi connectivity index (χ2v) is 9.87. The molecule has 4 saturated carbocycles. The summed E-state index contributed by atoms with van der Waals surface area (Å²) in [5.74, 6) is 0.932. The molecule has 0 aromatic heterocycles. The van der Waals surface area contributed by atoms with Gasteiger partial charge in [0.1, 0.15) is 17.5 Å². The normalized spacial score (nSPS) is 53.4. The monoisotopic (exact) mass is 364 g/mol. The van der Waals surface area contributed by atoms with E-state index < -0.39 is 17.8 Å². The van der Waals surface area contributed by atoms with Crippen LogP contribution in [0.5, 0.6) is 0 Å². The minimum absolute atomic E-state index is 0.248. The quantitative estimate of drug-likeness (QED) is 0.699. The Balaban J connectivity index is 1.75. The molecule has 0 radical (unpaired) electrons. The average Bonchev–Trinajstić information content (AvgIpc) is 2.85. The van der Waals surface area contributed by atoms with Crippen LogP contribution in [0.1, 0.15) is 72.1 Å². The first kappa shape index (κ1) is 18.4. The Kier molecular flexibility index (Phi) is 4.09. The van der Waals surface area contributed by atoms with Crippen LogP contribution in [0.25, 0.3) is 0 Å². The lowest BCUT2D eigenvalue weighted by molar-refractivity contribution is -0.267. The lowest BCUT2D eigenvalue weighted by Crippen LogP contribution is -2.69. The average molecular weight is 364 g/mol. The van der Waals surface area contributed by atoms with Gasteiger partial charge in [-0.05, 0) is 56.3 Å². The SMILES string of the molecule is CC(=O)OC1CC2C3CCC(=O)C3(C)CCC2C2(C)CCC(O)CC12O. The molecule has 0 aromatic carbocycles. The molecule has 8 unspecified atom stereocenters. The molecule has 0 bridgehead atoms. The molecule has 8 atom stereocenters. The molecule has 4 aliphatic carbocycles. The van der Waals surface area contributed by atoms with Gasteiger partial charge in [0, 0.05) is 30.6 Å². The van der Waals surface area contributed by atoms with Crippen LogP contribution in [0.3, 0.4) is 0 Å². The number of aliphatic hydroxyl groups excluding tert-OH is 1. The molecule has 5 nitrogen and oxygen atoms in total. The molecule has 2 N–H and O–H groups in total. The lowest BCUT2D eigenvalue weighted by Gasteiger charge is -2.65. The highest BCUT2D eigenvalue weighted by atomic mass is 16.6. The number of rotatable bonds is 1. The number of carbonyl (C=O) groups excluding carboxylic acids is 2. The van der Waals surface area contributed by atoms with Crippen LogP contribution >= 0.6 is 0 Å². The molecule has 26 heavy (non-hydrogen) atoms. The molecule has 0 heterocycles. The second-order valence-electron chi connectivity index (χ2n) is 9.87. The third kappa shape index (κ3) is 2.29. The van der Waals surface area contributed by atoms with Gasteiger partial charge in [-0.25, -0.2) is 0 Å². The topological polar surface area (TPSA) is 83.8 Å². The zero-order valence-electron chi connectivity index (χ0n) is 16.2. The van der Waals surface area contributed by atoms with Crippen LogP contribution in [0.2, 0.25) is 0 Å². The van der Waals surface area contributed by atoms with E-state index in [4.69, 9.17) is 4.74 Å². The van der Waals surface area contributed by atoms with E-state index in [2.05, 4.69) is 13.8 Å². The first-order valence-electron chi connectivity index (χ1n) is 10.2. The Bertz CT molecular complexity index is 632. The Hall–Kier alpha value is -0.940. The van der Waals surface area contributed by atoms with E-state index in [0.717, 1.165) is 25.7 Å². The van der Waals surface area contributed by atoms with Crippen molar-refractivity contribution in [2.45, 2.75) is 89.9 Å². The fourth-order valence-electron chi connectivity index (χ4n) is 7.35. The maximum Gasteiger partial charge on any atom is 0.303 e. The predicted octanol–water partition coefficient (Wildman–Crippen LogP) is 2.62. The number of hydrogen-bond donors (Lipinski definition) is 2. The summed E-state index contributed by atoms with van der Waals surface area (Å²) in [5, 5.41) is 22.0. The van der Waals surface area contributed by atoms with Crippen molar-refractivity contribution in [2.24, 2.45) is 28.6 Å².